The van der Waals surface area contributed by atoms with Crippen LogP contribution in [0.4, 0.5) is 0 Å². The number of fused-ring (bicyclic) bond motifs is 1. The number of ether oxygens (including phenoxy) is 4. The van der Waals surface area contributed by atoms with Gasteiger partial charge in [-0.25, -0.2) is 0 Å². The average Bonchev–Trinajstić information content (AvgIpc) is 2.78. The van der Waals surface area contributed by atoms with Crippen LogP contribution < -0.4 is 18.9 Å². The maximum atomic E-state index is 13.0. The normalized spacial score (nSPS) is 17.2. The lowest BCUT2D eigenvalue weighted by atomic mass is 9.82. The first kappa shape index (κ1) is 20.1. The molecule has 2 heterocycles. The number of hydrogen-bond acceptors (Lipinski definition) is 6. The Bertz CT molecular complexity index is 978. The van der Waals surface area contributed by atoms with Gasteiger partial charge in [-0.2, -0.15) is 0 Å². The number of carbonyl (C=O) groups excluding carboxylic acids is 2. The average molecular weight is 411 g/mol. The van der Waals surface area contributed by atoms with Crippen LogP contribution in [0.1, 0.15) is 40.0 Å². The second-order valence-electron chi connectivity index (χ2n) is 7.56. The number of para-hydroxylation sites is 1. The topological polar surface area (TPSA) is 74.3 Å². The molecule has 0 atom stereocenters. The van der Waals surface area contributed by atoms with Crippen LogP contribution in [0, 0.1) is 0 Å². The highest BCUT2D eigenvalue weighted by atomic mass is 16.5. The Balaban J connectivity index is 1.55. The lowest BCUT2D eigenvalue weighted by Crippen LogP contribution is -2.52. The van der Waals surface area contributed by atoms with E-state index in [1.165, 1.54) is 7.11 Å². The van der Waals surface area contributed by atoms with Crippen molar-refractivity contribution in [2.75, 3.05) is 34.4 Å². The fourth-order valence-electron chi connectivity index (χ4n) is 4.25. The van der Waals surface area contributed by atoms with Gasteiger partial charge in [0.2, 0.25) is 5.75 Å². The van der Waals surface area contributed by atoms with Crippen molar-refractivity contribution in [1.29, 1.82) is 0 Å². The van der Waals surface area contributed by atoms with Crippen LogP contribution >= 0.6 is 0 Å². The SMILES string of the molecule is COc1ccccc1C(=O)N1CCC2(CC1)CC(=O)c1ccc(OC)c(OC)c1O2. The number of likely N-dealkylation sites (tertiary alicyclic amines) is 1. The van der Waals surface area contributed by atoms with Crippen LogP contribution in [0.15, 0.2) is 36.4 Å². The second-order valence-corrected chi connectivity index (χ2v) is 7.56. The highest BCUT2D eigenvalue weighted by molar-refractivity contribution is 6.02. The Kier molecular flexibility index (Phi) is 5.28. The van der Waals surface area contributed by atoms with Crippen LogP contribution in [0.25, 0.3) is 0 Å². The summed E-state index contributed by atoms with van der Waals surface area (Å²) in [5, 5.41) is 0. The molecule has 0 aliphatic carbocycles. The van der Waals surface area contributed by atoms with Gasteiger partial charge in [0.25, 0.3) is 5.91 Å². The molecule has 158 valence electrons. The molecule has 1 saturated heterocycles. The van der Waals surface area contributed by atoms with Crippen molar-refractivity contribution >= 4 is 11.7 Å². The molecule has 7 nitrogen and oxygen atoms in total. The molecule has 2 aromatic carbocycles. The minimum atomic E-state index is -0.652. The fourth-order valence-corrected chi connectivity index (χ4v) is 4.25. The quantitative estimate of drug-likeness (QED) is 0.768. The highest BCUT2D eigenvalue weighted by Gasteiger charge is 2.45. The molecule has 0 bridgehead atoms. The standard InChI is InChI=1S/C23H25NO6/c1-27-18-7-5-4-6-16(18)22(26)24-12-10-23(11-13-24)14-17(25)15-8-9-19(28-2)21(29-3)20(15)30-23/h4-9H,10-14H2,1-3H3. The van der Waals surface area contributed by atoms with E-state index in [2.05, 4.69) is 0 Å². The van der Waals surface area contributed by atoms with Crippen molar-refractivity contribution in [2.24, 2.45) is 0 Å². The zero-order valence-electron chi connectivity index (χ0n) is 17.4. The molecule has 2 aromatic rings. The van der Waals surface area contributed by atoms with Crippen molar-refractivity contribution in [3.8, 4) is 23.0 Å². The number of amides is 1. The molecule has 0 unspecified atom stereocenters. The zero-order valence-corrected chi connectivity index (χ0v) is 17.4. The minimum Gasteiger partial charge on any atom is -0.496 e. The molecule has 7 heteroatoms. The third-order valence-electron chi connectivity index (χ3n) is 5.90. The summed E-state index contributed by atoms with van der Waals surface area (Å²) in [5.74, 6) is 1.86. The molecule has 1 spiro atoms. The molecule has 1 amide bonds. The Morgan fingerprint density at radius 3 is 2.33 bits per heavy atom. The van der Waals surface area contributed by atoms with E-state index in [1.54, 1.807) is 43.4 Å². The summed E-state index contributed by atoms with van der Waals surface area (Å²) < 4.78 is 22.5. The predicted octanol–water partition coefficient (Wildman–Crippen LogP) is 3.35. The lowest BCUT2D eigenvalue weighted by molar-refractivity contribution is -0.00750. The number of hydrogen-bond donors (Lipinski definition) is 0. The molecule has 0 N–H and O–H groups in total. The number of benzene rings is 2. The van der Waals surface area contributed by atoms with Crippen molar-refractivity contribution in [2.45, 2.75) is 24.9 Å². The van der Waals surface area contributed by atoms with Gasteiger partial charge in [0, 0.05) is 25.9 Å². The molecule has 2 aliphatic heterocycles. The summed E-state index contributed by atoms with van der Waals surface area (Å²) in [4.78, 5) is 27.7. The second kappa shape index (κ2) is 7.89. The third kappa shape index (κ3) is 3.34. The Morgan fingerprint density at radius 1 is 0.967 bits per heavy atom. The van der Waals surface area contributed by atoms with E-state index in [1.807, 2.05) is 12.1 Å². The smallest absolute Gasteiger partial charge is 0.257 e. The van der Waals surface area contributed by atoms with Gasteiger partial charge in [-0.15, -0.1) is 0 Å². The van der Waals surface area contributed by atoms with Crippen LogP contribution in [0.2, 0.25) is 0 Å². The summed E-state index contributed by atoms with van der Waals surface area (Å²) in [6, 6.07) is 10.6. The van der Waals surface area contributed by atoms with Gasteiger partial charge in [-0.05, 0) is 24.3 Å². The van der Waals surface area contributed by atoms with E-state index >= 15 is 0 Å². The van der Waals surface area contributed by atoms with Crippen LogP contribution in [0.3, 0.4) is 0 Å². The first-order chi connectivity index (χ1) is 14.5. The summed E-state index contributed by atoms with van der Waals surface area (Å²) in [6.07, 6.45) is 1.39. The maximum absolute atomic E-state index is 13.0. The number of rotatable bonds is 4. The van der Waals surface area contributed by atoms with Crippen molar-refractivity contribution in [1.82, 2.24) is 4.90 Å². The van der Waals surface area contributed by atoms with Crippen molar-refractivity contribution in [3.05, 3.63) is 47.5 Å². The number of ketones is 1. The molecule has 0 radical (unpaired) electrons. The summed E-state index contributed by atoms with van der Waals surface area (Å²) >= 11 is 0. The molecule has 30 heavy (non-hydrogen) atoms. The fraction of sp³-hybridized carbons (Fsp3) is 0.391. The van der Waals surface area contributed by atoms with Gasteiger partial charge in [-0.3, -0.25) is 9.59 Å². The molecular formula is C23H25NO6. The van der Waals surface area contributed by atoms with E-state index in [0.29, 0.717) is 60.1 Å². The van der Waals surface area contributed by atoms with Gasteiger partial charge in [0.1, 0.15) is 11.4 Å². The summed E-state index contributed by atoms with van der Waals surface area (Å²) in [7, 11) is 4.63. The Labute approximate surface area is 175 Å². The minimum absolute atomic E-state index is 0.0155. The predicted molar refractivity (Wildman–Crippen MR) is 110 cm³/mol. The van der Waals surface area contributed by atoms with E-state index in [9.17, 15) is 9.59 Å². The number of piperidine rings is 1. The van der Waals surface area contributed by atoms with E-state index in [-0.39, 0.29) is 18.1 Å². The van der Waals surface area contributed by atoms with E-state index in [0.717, 1.165) is 0 Å². The van der Waals surface area contributed by atoms with Crippen LogP contribution in [-0.2, 0) is 0 Å². The molecule has 2 aliphatic rings. The molecule has 4 rings (SSSR count). The molecule has 0 aromatic heterocycles. The Hall–Kier alpha value is -3.22. The van der Waals surface area contributed by atoms with E-state index < -0.39 is 5.60 Å². The number of carbonyl (C=O) groups is 2. The van der Waals surface area contributed by atoms with Crippen LogP contribution in [-0.4, -0.2) is 56.6 Å². The third-order valence-corrected chi connectivity index (χ3v) is 5.90. The van der Waals surface area contributed by atoms with Gasteiger partial charge in [0.05, 0.1) is 38.9 Å². The molecule has 1 fully saturated rings. The van der Waals surface area contributed by atoms with Gasteiger partial charge >= 0.3 is 0 Å². The monoisotopic (exact) mass is 411 g/mol. The molecular weight excluding hydrogens is 386 g/mol. The maximum Gasteiger partial charge on any atom is 0.257 e. The van der Waals surface area contributed by atoms with Gasteiger partial charge in [0.15, 0.2) is 17.3 Å². The van der Waals surface area contributed by atoms with Gasteiger partial charge in [-0.1, -0.05) is 12.1 Å². The largest absolute Gasteiger partial charge is 0.496 e. The van der Waals surface area contributed by atoms with Gasteiger partial charge < -0.3 is 23.8 Å². The number of Topliss-reactive ketones (excluding diaryl/α,β-unsaturated/α-hetero) is 1. The zero-order chi connectivity index (χ0) is 21.3. The number of methoxy groups -OCH3 is 3. The summed E-state index contributed by atoms with van der Waals surface area (Å²) in [6.45, 7) is 0.984. The first-order valence-corrected chi connectivity index (χ1v) is 9.91. The summed E-state index contributed by atoms with van der Waals surface area (Å²) in [5.41, 5.74) is 0.389. The molecule has 0 saturated carbocycles. The van der Waals surface area contributed by atoms with Crippen molar-refractivity contribution < 1.29 is 28.5 Å². The first-order valence-electron chi connectivity index (χ1n) is 9.91. The van der Waals surface area contributed by atoms with Crippen molar-refractivity contribution in [3.63, 3.8) is 0 Å². The van der Waals surface area contributed by atoms with Crippen LogP contribution in [0.5, 0.6) is 23.0 Å². The lowest BCUT2D eigenvalue weighted by Gasteiger charge is -2.44. The highest BCUT2D eigenvalue weighted by Crippen LogP contribution is 2.47. The van der Waals surface area contributed by atoms with E-state index in [4.69, 9.17) is 18.9 Å². The Morgan fingerprint density at radius 2 is 1.67 bits per heavy atom. The number of nitrogens with zero attached hydrogens (tertiary/aromatic N) is 1.